The Bertz CT molecular complexity index is 6040. The Balaban J connectivity index is 0.000000143. The van der Waals surface area contributed by atoms with E-state index in [1.807, 2.05) is 210 Å². The summed E-state index contributed by atoms with van der Waals surface area (Å²) in [5.74, 6) is -0.603. The third-order valence-corrected chi connectivity index (χ3v) is 28.4. The quantitative estimate of drug-likeness (QED) is 0.0864. The van der Waals surface area contributed by atoms with Gasteiger partial charge in [0, 0.05) is 156 Å². The van der Waals surface area contributed by atoms with Crippen LogP contribution < -0.4 is 16.0 Å². The molecule has 5 saturated heterocycles. The fourth-order valence-corrected chi connectivity index (χ4v) is 20.9. The van der Waals surface area contributed by atoms with Gasteiger partial charge in [0.05, 0.1) is 11.4 Å². The van der Waals surface area contributed by atoms with Crippen molar-refractivity contribution in [2.24, 2.45) is 27.1 Å². The number of benzene rings is 6. The number of carbonyl (C=O) groups is 7. The molecule has 20 rings (SSSR count). The van der Waals surface area contributed by atoms with E-state index in [9.17, 15) is 42.3 Å². The third-order valence-electron chi connectivity index (χ3n) is 26.9. The molecular weight excluding hydrogens is 1790 g/mol. The van der Waals surface area contributed by atoms with E-state index in [1.165, 1.54) is 24.3 Å². The number of nitrogens with one attached hydrogen (secondary N) is 3. The first-order chi connectivity index (χ1) is 64.5. The Labute approximate surface area is 813 Å². The Morgan fingerprint density at radius 2 is 0.600 bits per heavy atom. The number of amides is 2. The van der Waals surface area contributed by atoms with Crippen LogP contribution >= 0.6 is 59.9 Å². The monoisotopic (exact) mass is 1900 g/mol. The van der Waals surface area contributed by atoms with Gasteiger partial charge in [-0.2, -0.15) is 0 Å². The zero-order valence-electron chi connectivity index (χ0n) is 74.7. The van der Waals surface area contributed by atoms with Gasteiger partial charge in [-0.15, -0.1) is 59.9 Å². The van der Waals surface area contributed by atoms with Crippen molar-refractivity contribution >= 4 is 161 Å². The summed E-state index contributed by atoms with van der Waals surface area (Å²) in [5, 5.41) is 15.9. The summed E-state index contributed by atoms with van der Waals surface area (Å²) in [6.45, 7) is 14.9. The maximum absolute atomic E-state index is 14.2. The maximum Gasteiger partial charge on any atom is 0.245 e. The predicted octanol–water partition coefficient (Wildman–Crippen LogP) is 21.7. The third kappa shape index (κ3) is 21.8. The number of carbonyl (C=O) groups excluding carboxylic acids is 7. The van der Waals surface area contributed by atoms with Crippen LogP contribution in [0.2, 0.25) is 0 Å². The summed E-state index contributed by atoms with van der Waals surface area (Å²) < 4.78 is 28.4. The average molecular weight is 1900 g/mol. The molecule has 0 bridgehead atoms. The molecule has 10 fully saturated rings. The predicted molar refractivity (Wildman–Crippen MR) is 547 cm³/mol. The van der Waals surface area contributed by atoms with E-state index in [0.717, 1.165) is 179 Å². The molecule has 0 atom stereocenters. The van der Waals surface area contributed by atoms with Crippen molar-refractivity contribution < 1.29 is 42.3 Å². The van der Waals surface area contributed by atoms with Gasteiger partial charge in [0.15, 0.2) is 28.9 Å². The summed E-state index contributed by atoms with van der Waals surface area (Å²) in [5.41, 5.74) is 13.8. The first-order valence-electron chi connectivity index (χ1n) is 45.0. The van der Waals surface area contributed by atoms with Crippen LogP contribution in [0, 0.1) is 38.7 Å². The minimum Gasteiger partial charge on any atom is -0.339 e. The number of ketones is 5. The molecule has 0 radical (unpaired) electrons. The van der Waals surface area contributed by atoms with Crippen molar-refractivity contribution in [3.05, 3.63) is 414 Å². The number of rotatable bonds is 14. The van der Waals surface area contributed by atoms with Crippen LogP contribution in [0.1, 0.15) is 119 Å². The molecule has 0 unspecified atom stereocenters. The van der Waals surface area contributed by atoms with Crippen LogP contribution in [0.25, 0.3) is 60.8 Å². The normalized spacial score (nSPS) is 21.4. The highest BCUT2D eigenvalue weighted by Crippen LogP contribution is 2.61. The second kappa shape index (κ2) is 45.9. The molecule has 5 aliphatic heterocycles. The minimum atomic E-state index is -0.625. The van der Waals surface area contributed by atoms with E-state index in [2.05, 4.69) is 85.5 Å². The number of piperidine rings is 5. The second-order valence-electron chi connectivity index (χ2n) is 34.1. The summed E-state index contributed by atoms with van der Waals surface area (Å²) in [4.78, 5) is 109. The molecule has 5 spiro atoms. The van der Waals surface area contributed by atoms with Crippen LogP contribution in [-0.4, -0.2) is 136 Å². The average Bonchev–Trinajstić information content (AvgIpc) is 1.29. The highest BCUT2D eigenvalue weighted by molar-refractivity contribution is 7.10. The topological polar surface area (TPSA) is 214 Å². The van der Waals surface area contributed by atoms with E-state index >= 15 is 0 Å². The number of halogens is 5. The number of thiazole rings is 2. The Hall–Kier alpha value is -12.9. The fourth-order valence-electron chi connectivity index (χ4n) is 19.8. The van der Waals surface area contributed by atoms with Gasteiger partial charge in [-0.25, -0.2) is 18.7 Å². The smallest absolute Gasteiger partial charge is 0.245 e. The van der Waals surface area contributed by atoms with Gasteiger partial charge in [-0.3, -0.25) is 43.5 Å². The number of Topliss-reactive ketones (excluding diaryl/α,β-unsaturated/α-hetero) is 5. The summed E-state index contributed by atoms with van der Waals surface area (Å²) in [6, 6.07) is 64.4. The molecule has 16 nitrogen and oxygen atoms in total. The largest absolute Gasteiger partial charge is 0.339 e. The zero-order chi connectivity index (χ0) is 91.5. The standard InChI is InChI=1S/C26H25NO.C25H21F2NO2.C25H23NO2.C20H19N3O.C16H15N3OS2.3ClH/c28-25-23(15-7-13-21-9-3-1-4-10-21)26(17-19-27-20-18-26)24(25)16-8-14-22-11-5-2-6-12-22;1-2-23(29)28-13-11-25(12-14-28)19(15-17-7-3-5-9-21(17)26)24(30)20(25)16-18-8-4-6-10-22(18)27;1-2-23(27)26-15-13-25(14-16-26)21(17-19-9-5-3-6-10-19)24(28)22(25)18-20-11-7-4-8-12-20;24-19-17(13-15-5-1-3-9-22-15)20(7-11-21-12-8-20)18(19)14-16-6-2-4-10-23-16;20-15-11(9-13-18-5-7-21-13)16(1-3-17-4-2-16)12(15)10-14-19-6-8-22-14;;;/h1-16,27H,17-20H2;2-10,15-16H,1,11-14H2;2-12,17-18H,1,13-16H2;1-6,9-10,13-14,21H,7-8,11-12H2;5-10,17H,1-4H2;3*1H/b13-7+,14-8+,23-15-,24-16-;19-15-,20-16-;21-17-,22-18-;17-13-,18-14-;11-9-,12-10-;;;. The van der Waals surface area contributed by atoms with E-state index in [4.69, 9.17) is 0 Å². The summed E-state index contributed by atoms with van der Waals surface area (Å²) >= 11 is 3.14. The Kier molecular flexibility index (Phi) is 33.9. The molecule has 23 heteroatoms. The summed E-state index contributed by atoms with van der Waals surface area (Å²) in [7, 11) is 0. The zero-order valence-corrected chi connectivity index (χ0v) is 78.8. The molecular formula is C112H106Cl3F2N9O7S2. The lowest BCUT2D eigenvalue weighted by molar-refractivity contribution is -0.129. The molecule has 6 aromatic carbocycles. The number of aromatic nitrogens is 4. The number of hydrogen-bond donors (Lipinski definition) is 3. The molecule has 4 aromatic heterocycles. The number of hydrogen-bond acceptors (Lipinski definition) is 16. The van der Waals surface area contributed by atoms with Gasteiger partial charge in [0.2, 0.25) is 11.8 Å². The van der Waals surface area contributed by atoms with Crippen molar-refractivity contribution in [2.75, 3.05) is 65.4 Å². The van der Waals surface area contributed by atoms with E-state index < -0.39 is 17.0 Å². The van der Waals surface area contributed by atoms with Crippen molar-refractivity contribution in [1.29, 1.82) is 0 Å². The fraction of sp³-hybridized carbons (Fsp3) is 0.223. The van der Waals surface area contributed by atoms with Crippen molar-refractivity contribution in [3.63, 3.8) is 0 Å². The van der Waals surface area contributed by atoms with Gasteiger partial charge < -0.3 is 25.8 Å². The molecule has 5 aliphatic carbocycles. The van der Waals surface area contributed by atoms with Gasteiger partial charge in [0.1, 0.15) is 21.6 Å². The van der Waals surface area contributed by atoms with Crippen LogP contribution in [0.15, 0.2) is 347 Å². The van der Waals surface area contributed by atoms with Gasteiger partial charge >= 0.3 is 0 Å². The lowest BCUT2D eigenvalue weighted by Crippen LogP contribution is -2.52. The van der Waals surface area contributed by atoms with Crippen molar-refractivity contribution in [1.82, 2.24) is 45.7 Å². The summed E-state index contributed by atoms with van der Waals surface area (Å²) in [6.07, 6.45) is 45.4. The van der Waals surface area contributed by atoms with Crippen molar-refractivity contribution in [2.45, 2.75) is 64.2 Å². The first-order valence-corrected chi connectivity index (χ1v) is 46.8. The number of allylic oxidation sites excluding steroid dienone is 14. The van der Waals surface area contributed by atoms with Crippen LogP contribution in [-0.2, 0) is 33.6 Å². The van der Waals surface area contributed by atoms with E-state index in [1.54, 1.807) is 101 Å². The van der Waals surface area contributed by atoms with E-state index in [-0.39, 0.29) is 99.6 Å². The Morgan fingerprint density at radius 1 is 0.319 bits per heavy atom. The SMILES string of the molecule is C=CC(=O)N1CCC2(CC1)/C(=C\c1ccccc1)C(=O)/C2=C/c1ccccc1.C=CC(=O)N1CCC2(CC1)/C(=C\c1ccccc1F)C(=O)/C2=C/c1ccccc1F.Cl.Cl.Cl.O=C1/C(=C/C=C/c2ccccc2)C2(CCNCC2)/C1=C\C=C\c1ccccc1.O=C1/C(=C/c2ccccn2)C2(CCNCC2)/C1=C\c1ccccn1.O=C1/C(=C/c2nccs2)C2(CCNCC2)/C1=C\c1nccs1. The molecule has 135 heavy (non-hydrogen) atoms. The molecule has 9 heterocycles. The first kappa shape index (κ1) is 99.6. The minimum absolute atomic E-state index is 0. The highest BCUT2D eigenvalue weighted by Gasteiger charge is 2.59. The Morgan fingerprint density at radius 3 is 0.911 bits per heavy atom. The van der Waals surface area contributed by atoms with Crippen molar-refractivity contribution in [3.8, 4) is 0 Å². The van der Waals surface area contributed by atoms with Gasteiger partial charge in [-0.05, 0) is 223 Å². The molecule has 2 amide bonds. The van der Waals surface area contributed by atoms with Crippen LogP contribution in [0.5, 0.6) is 0 Å². The number of likely N-dealkylation sites (tertiary alicyclic amines) is 2. The maximum atomic E-state index is 14.2. The van der Waals surface area contributed by atoms with Gasteiger partial charge in [0.25, 0.3) is 0 Å². The molecule has 3 N–H and O–H groups in total. The number of pyridine rings is 2. The lowest BCUT2D eigenvalue weighted by Gasteiger charge is -2.50. The van der Waals surface area contributed by atoms with Gasteiger partial charge in [-0.1, -0.05) is 219 Å². The molecule has 5 saturated carbocycles. The van der Waals surface area contributed by atoms with Crippen LogP contribution in [0.4, 0.5) is 8.78 Å². The molecule has 10 aliphatic rings. The van der Waals surface area contributed by atoms with Crippen LogP contribution in [0.3, 0.4) is 0 Å². The molecule has 688 valence electrons. The van der Waals surface area contributed by atoms with E-state index in [0.29, 0.717) is 61.3 Å². The molecule has 10 aromatic rings. The number of nitrogens with zero attached hydrogens (tertiary/aromatic N) is 6. The lowest BCUT2D eigenvalue weighted by atomic mass is 9.54. The second-order valence-corrected chi connectivity index (χ2v) is 36.0. The highest BCUT2D eigenvalue weighted by atomic mass is 35.5.